The van der Waals surface area contributed by atoms with E-state index >= 15 is 0 Å². The van der Waals surface area contributed by atoms with E-state index in [9.17, 15) is 18.0 Å². The number of hydrogen-bond acceptors (Lipinski definition) is 4. The van der Waals surface area contributed by atoms with Crippen molar-refractivity contribution in [3.05, 3.63) is 81.0 Å². The molecule has 0 unspecified atom stereocenters. The summed E-state index contributed by atoms with van der Waals surface area (Å²) >= 11 is 11.9. The number of rotatable bonds is 6. The van der Waals surface area contributed by atoms with E-state index in [-0.39, 0.29) is 29.2 Å². The monoisotopic (exact) mass is 454 g/mol. The Balaban J connectivity index is 2.02. The fourth-order valence-electron chi connectivity index (χ4n) is 2.77. The number of nitrogen functional groups attached to an aromatic ring is 1. The smallest absolute Gasteiger partial charge is 0.358 e. The minimum Gasteiger partial charge on any atom is -0.456 e. The second-order valence-electron chi connectivity index (χ2n) is 6.24. The van der Waals surface area contributed by atoms with Gasteiger partial charge in [-0.05, 0) is 17.7 Å². The van der Waals surface area contributed by atoms with E-state index in [1.807, 2.05) is 0 Å². The summed E-state index contributed by atoms with van der Waals surface area (Å²) in [6.45, 7) is -0.948. The summed E-state index contributed by atoms with van der Waals surface area (Å²) in [7, 11) is 0. The van der Waals surface area contributed by atoms with Crippen molar-refractivity contribution >= 4 is 34.9 Å². The lowest BCUT2D eigenvalue weighted by Gasteiger charge is -2.14. The van der Waals surface area contributed by atoms with Gasteiger partial charge in [-0.3, -0.25) is 4.39 Å². The number of ether oxygens (including phenoxy) is 1. The van der Waals surface area contributed by atoms with Gasteiger partial charge in [-0.15, -0.1) is 0 Å². The molecule has 3 aromatic rings. The highest BCUT2D eigenvalue weighted by atomic mass is 35.5. The van der Waals surface area contributed by atoms with Crippen LogP contribution in [0.15, 0.2) is 42.5 Å². The molecule has 0 spiro atoms. The Hall–Kier alpha value is -2.77. The van der Waals surface area contributed by atoms with E-state index in [2.05, 4.69) is 4.98 Å². The first-order valence-corrected chi connectivity index (χ1v) is 9.49. The van der Waals surface area contributed by atoms with Crippen LogP contribution in [0.2, 0.25) is 10.0 Å². The number of nitrogens with two attached hydrogens (primary N) is 1. The Labute approximate surface area is 180 Å². The number of aromatic nitrogens is 1. The lowest BCUT2D eigenvalue weighted by atomic mass is 10.0. The predicted octanol–water partition coefficient (Wildman–Crippen LogP) is 5.78. The summed E-state index contributed by atoms with van der Waals surface area (Å²) in [6, 6.07) is 11.3. The molecule has 1 aromatic heterocycles. The molecule has 0 fully saturated rings. The molecule has 0 aliphatic rings. The van der Waals surface area contributed by atoms with E-state index in [0.29, 0.717) is 5.56 Å². The number of carbonyl (C=O) groups excluding carboxylic acids is 1. The van der Waals surface area contributed by atoms with Crippen molar-refractivity contribution in [2.45, 2.75) is 13.0 Å². The van der Waals surface area contributed by atoms with Crippen molar-refractivity contribution in [1.29, 1.82) is 0 Å². The normalized spacial score (nSPS) is 10.8. The van der Waals surface area contributed by atoms with Gasteiger partial charge in [0.05, 0.1) is 17.4 Å². The van der Waals surface area contributed by atoms with E-state index in [1.165, 1.54) is 6.07 Å². The first kappa shape index (κ1) is 21.9. The van der Waals surface area contributed by atoms with Gasteiger partial charge in [0.2, 0.25) is 0 Å². The number of anilines is 1. The minimum absolute atomic E-state index is 0.0151. The van der Waals surface area contributed by atoms with Crippen LogP contribution in [0.5, 0.6) is 0 Å². The lowest BCUT2D eigenvalue weighted by molar-refractivity contribution is 0.0466. The third kappa shape index (κ3) is 4.37. The molecule has 0 radical (unpaired) electrons. The molecule has 0 atom stereocenters. The van der Waals surface area contributed by atoms with E-state index < -0.39 is 46.4 Å². The van der Waals surface area contributed by atoms with Crippen molar-refractivity contribution in [1.82, 2.24) is 4.98 Å². The maximum Gasteiger partial charge on any atom is 0.358 e. The summed E-state index contributed by atoms with van der Waals surface area (Å²) in [5.41, 5.74) is 4.30. The molecule has 0 saturated carbocycles. The minimum atomic E-state index is -1.12. The lowest BCUT2D eigenvalue weighted by Crippen LogP contribution is -2.12. The van der Waals surface area contributed by atoms with Crippen LogP contribution in [-0.2, 0) is 17.8 Å². The molecule has 3 rings (SSSR count). The van der Waals surface area contributed by atoms with Gasteiger partial charge in [0.25, 0.3) is 0 Å². The standard InChI is InChI=1S/C21H15Cl2F3N2O2/c22-14-7-6-13(16(25)12(14)8-9-24)19-17(26)18(27)15(23)20(28-19)21(29)30-10-11-4-2-1-3-5-11/h1-7H,8-10H2,(H2,27,28). The van der Waals surface area contributed by atoms with Crippen molar-refractivity contribution < 1.29 is 22.7 Å². The molecule has 0 aliphatic carbocycles. The molecule has 2 aromatic carbocycles. The number of esters is 1. The highest BCUT2D eigenvalue weighted by Gasteiger charge is 2.26. The quantitative estimate of drug-likeness (QED) is 0.479. The molecule has 0 amide bonds. The Bertz CT molecular complexity index is 1100. The number of pyridine rings is 1. The summed E-state index contributed by atoms with van der Waals surface area (Å²) < 4.78 is 47.5. The van der Waals surface area contributed by atoms with Gasteiger partial charge in [0.15, 0.2) is 11.5 Å². The number of halogens is 5. The van der Waals surface area contributed by atoms with Gasteiger partial charge in [0.1, 0.15) is 18.1 Å². The van der Waals surface area contributed by atoms with Crippen LogP contribution in [0.25, 0.3) is 11.3 Å². The SMILES string of the molecule is Nc1c(F)c(-c2ccc(Cl)c(CCF)c2F)nc(C(=O)OCc2ccccc2)c1Cl. The third-order valence-corrected chi connectivity index (χ3v) is 5.04. The van der Waals surface area contributed by atoms with Crippen LogP contribution < -0.4 is 5.73 Å². The summed E-state index contributed by atoms with van der Waals surface area (Å²) in [4.78, 5) is 16.4. The first-order chi connectivity index (χ1) is 14.3. The Morgan fingerprint density at radius 3 is 2.43 bits per heavy atom. The van der Waals surface area contributed by atoms with Gasteiger partial charge in [-0.2, -0.15) is 0 Å². The topological polar surface area (TPSA) is 65.2 Å². The van der Waals surface area contributed by atoms with E-state index in [1.54, 1.807) is 30.3 Å². The molecule has 30 heavy (non-hydrogen) atoms. The van der Waals surface area contributed by atoms with Gasteiger partial charge in [0, 0.05) is 22.6 Å². The third-order valence-electron chi connectivity index (χ3n) is 4.30. The summed E-state index contributed by atoms with van der Waals surface area (Å²) in [6.07, 6.45) is -0.310. The fourth-order valence-corrected chi connectivity index (χ4v) is 3.21. The van der Waals surface area contributed by atoms with Crippen molar-refractivity contribution in [2.24, 2.45) is 0 Å². The molecule has 0 bridgehead atoms. The molecule has 1 heterocycles. The van der Waals surface area contributed by atoms with Crippen LogP contribution in [-0.4, -0.2) is 17.6 Å². The molecule has 0 aliphatic heterocycles. The van der Waals surface area contributed by atoms with Gasteiger partial charge < -0.3 is 10.5 Å². The zero-order valence-electron chi connectivity index (χ0n) is 15.4. The zero-order chi connectivity index (χ0) is 21.8. The van der Waals surface area contributed by atoms with Crippen molar-refractivity contribution in [2.75, 3.05) is 12.4 Å². The fraction of sp³-hybridized carbons (Fsp3) is 0.143. The number of nitrogens with zero attached hydrogens (tertiary/aromatic N) is 1. The average Bonchev–Trinajstić information content (AvgIpc) is 2.75. The predicted molar refractivity (Wildman–Crippen MR) is 109 cm³/mol. The maximum absolute atomic E-state index is 14.9. The van der Waals surface area contributed by atoms with E-state index in [4.69, 9.17) is 33.7 Å². The largest absolute Gasteiger partial charge is 0.456 e. The molecule has 0 saturated heterocycles. The van der Waals surface area contributed by atoms with Crippen LogP contribution >= 0.6 is 23.2 Å². The van der Waals surface area contributed by atoms with E-state index in [0.717, 1.165) is 6.07 Å². The van der Waals surface area contributed by atoms with Crippen LogP contribution in [0, 0.1) is 11.6 Å². The second kappa shape index (κ2) is 9.36. The Morgan fingerprint density at radius 2 is 1.77 bits per heavy atom. The van der Waals surface area contributed by atoms with Crippen LogP contribution in [0.4, 0.5) is 18.9 Å². The Kier molecular flexibility index (Phi) is 6.84. The molecular weight excluding hydrogens is 440 g/mol. The van der Waals surface area contributed by atoms with Crippen LogP contribution in [0.3, 0.4) is 0 Å². The average molecular weight is 455 g/mol. The summed E-state index contributed by atoms with van der Waals surface area (Å²) in [5.74, 6) is -3.04. The van der Waals surface area contributed by atoms with Gasteiger partial charge in [-0.25, -0.2) is 18.6 Å². The Morgan fingerprint density at radius 1 is 1.07 bits per heavy atom. The van der Waals surface area contributed by atoms with Gasteiger partial charge in [-0.1, -0.05) is 53.5 Å². The highest BCUT2D eigenvalue weighted by molar-refractivity contribution is 6.35. The number of alkyl halides is 1. The molecule has 9 heteroatoms. The second-order valence-corrected chi connectivity index (χ2v) is 7.02. The molecule has 2 N–H and O–H groups in total. The zero-order valence-corrected chi connectivity index (χ0v) is 16.9. The molecular formula is C21H15Cl2F3N2O2. The highest BCUT2D eigenvalue weighted by Crippen LogP contribution is 2.36. The van der Waals surface area contributed by atoms with Crippen LogP contribution in [0.1, 0.15) is 21.6 Å². The molecule has 4 nitrogen and oxygen atoms in total. The first-order valence-electron chi connectivity index (χ1n) is 8.73. The van der Waals surface area contributed by atoms with Crippen molar-refractivity contribution in [3.63, 3.8) is 0 Å². The number of carbonyl (C=O) groups is 1. The number of hydrogen-bond donors (Lipinski definition) is 1. The maximum atomic E-state index is 14.9. The van der Waals surface area contributed by atoms with Gasteiger partial charge >= 0.3 is 5.97 Å². The number of benzene rings is 2. The summed E-state index contributed by atoms with van der Waals surface area (Å²) in [5, 5.41) is -0.466. The van der Waals surface area contributed by atoms with Crippen molar-refractivity contribution in [3.8, 4) is 11.3 Å². The molecule has 156 valence electrons.